The number of ether oxygens (including phenoxy) is 1. The van der Waals surface area contributed by atoms with Crippen molar-refractivity contribution >= 4 is 17.5 Å². The van der Waals surface area contributed by atoms with Crippen LogP contribution in [0.1, 0.15) is 38.1 Å². The third kappa shape index (κ3) is 4.66. The zero-order chi connectivity index (χ0) is 17.2. The van der Waals surface area contributed by atoms with Gasteiger partial charge in [-0.3, -0.25) is 9.69 Å². The fourth-order valence-corrected chi connectivity index (χ4v) is 3.10. The van der Waals surface area contributed by atoms with Crippen molar-refractivity contribution in [3.05, 3.63) is 34.6 Å². The Morgan fingerprint density at radius 1 is 1.39 bits per heavy atom. The summed E-state index contributed by atoms with van der Waals surface area (Å²) in [5.41, 5.74) is 0.0710. The summed E-state index contributed by atoms with van der Waals surface area (Å²) in [6, 6.07) is 3.78. The lowest BCUT2D eigenvalue weighted by atomic mass is 10.00. The molecular weight excluding hydrogens is 319 g/mol. The van der Waals surface area contributed by atoms with Crippen LogP contribution in [0, 0.1) is 5.82 Å². The van der Waals surface area contributed by atoms with Crippen molar-refractivity contribution in [1.29, 1.82) is 0 Å². The normalized spacial score (nSPS) is 22.9. The molecule has 1 N–H and O–H groups in total. The Hall–Kier alpha value is -1.17. The van der Waals surface area contributed by atoms with Crippen molar-refractivity contribution in [3.63, 3.8) is 0 Å². The molecule has 0 bridgehead atoms. The Bertz CT molecular complexity index is 570. The van der Waals surface area contributed by atoms with E-state index in [-0.39, 0.29) is 34.2 Å². The van der Waals surface area contributed by atoms with Crippen LogP contribution in [0.5, 0.6) is 0 Å². The number of carbonyl (C=O) groups is 1. The average Bonchev–Trinajstić information content (AvgIpc) is 2.44. The van der Waals surface area contributed by atoms with Crippen LogP contribution in [0.2, 0.25) is 5.02 Å². The molecule has 0 unspecified atom stereocenters. The highest BCUT2D eigenvalue weighted by atomic mass is 35.5. The molecule has 1 amide bonds. The molecule has 23 heavy (non-hydrogen) atoms. The largest absolute Gasteiger partial charge is 0.373 e. The summed E-state index contributed by atoms with van der Waals surface area (Å²) in [5.74, 6) is -0.749. The van der Waals surface area contributed by atoms with Crippen molar-refractivity contribution in [2.24, 2.45) is 0 Å². The van der Waals surface area contributed by atoms with E-state index in [2.05, 4.69) is 37.9 Å². The first kappa shape index (κ1) is 18.2. The standard InChI is InChI=1S/C17H24ClFN2O2/c1-11-8-21(9-12(2)23-11)17(3,4)10-20-16(22)14-6-5-13(19)7-15(14)18/h5-7,11-12H,8-10H2,1-4H3,(H,20,22)/t11-,12-/m0/s1. The number of morpholine rings is 1. The number of hydrogen-bond donors (Lipinski definition) is 1. The fraction of sp³-hybridized carbons (Fsp3) is 0.588. The van der Waals surface area contributed by atoms with Gasteiger partial charge in [-0.2, -0.15) is 0 Å². The number of nitrogens with zero attached hydrogens (tertiary/aromatic N) is 1. The molecule has 128 valence electrons. The quantitative estimate of drug-likeness (QED) is 0.914. The predicted octanol–water partition coefficient (Wildman–Crippen LogP) is 3.10. The number of carbonyl (C=O) groups excluding carboxylic acids is 1. The van der Waals surface area contributed by atoms with E-state index in [0.717, 1.165) is 19.2 Å². The van der Waals surface area contributed by atoms with Crippen LogP contribution in [0.3, 0.4) is 0 Å². The molecule has 2 rings (SSSR count). The molecule has 1 heterocycles. The summed E-state index contributed by atoms with van der Waals surface area (Å²) in [7, 11) is 0. The van der Waals surface area contributed by atoms with Gasteiger partial charge in [0.1, 0.15) is 5.82 Å². The van der Waals surface area contributed by atoms with Gasteiger partial charge in [0.15, 0.2) is 0 Å². The lowest BCUT2D eigenvalue weighted by Gasteiger charge is -2.45. The lowest BCUT2D eigenvalue weighted by Crippen LogP contribution is -2.58. The second-order valence-electron chi connectivity index (χ2n) is 6.78. The summed E-state index contributed by atoms with van der Waals surface area (Å²) < 4.78 is 18.8. The van der Waals surface area contributed by atoms with E-state index in [9.17, 15) is 9.18 Å². The van der Waals surface area contributed by atoms with E-state index in [0.29, 0.717) is 6.54 Å². The first-order valence-electron chi connectivity index (χ1n) is 7.83. The SMILES string of the molecule is C[C@H]1CN(C(C)(C)CNC(=O)c2ccc(F)cc2Cl)C[C@H](C)O1. The van der Waals surface area contributed by atoms with Gasteiger partial charge in [-0.15, -0.1) is 0 Å². The highest BCUT2D eigenvalue weighted by Crippen LogP contribution is 2.21. The number of amides is 1. The molecular formula is C17H24ClFN2O2. The summed E-state index contributed by atoms with van der Waals surface area (Å²) in [5, 5.41) is 3.02. The van der Waals surface area contributed by atoms with Gasteiger partial charge in [0.2, 0.25) is 0 Å². The van der Waals surface area contributed by atoms with E-state index in [1.54, 1.807) is 0 Å². The van der Waals surface area contributed by atoms with Crippen LogP contribution in [-0.2, 0) is 4.74 Å². The maximum absolute atomic E-state index is 13.1. The van der Waals surface area contributed by atoms with Crippen molar-refractivity contribution < 1.29 is 13.9 Å². The minimum absolute atomic E-state index is 0.119. The van der Waals surface area contributed by atoms with Gasteiger partial charge in [0.25, 0.3) is 5.91 Å². The third-order valence-corrected chi connectivity index (χ3v) is 4.45. The highest BCUT2D eigenvalue weighted by molar-refractivity contribution is 6.33. The topological polar surface area (TPSA) is 41.6 Å². The Morgan fingerprint density at radius 2 is 2.00 bits per heavy atom. The van der Waals surface area contributed by atoms with Gasteiger partial charge in [0, 0.05) is 25.2 Å². The van der Waals surface area contributed by atoms with Crippen molar-refractivity contribution in [3.8, 4) is 0 Å². The Kier molecular flexibility index (Phi) is 5.65. The monoisotopic (exact) mass is 342 g/mol. The number of benzene rings is 1. The smallest absolute Gasteiger partial charge is 0.252 e. The molecule has 2 atom stereocenters. The molecule has 4 nitrogen and oxygen atoms in total. The molecule has 1 aliphatic rings. The summed E-state index contributed by atoms with van der Waals surface area (Å²) >= 11 is 5.93. The molecule has 0 spiro atoms. The predicted molar refractivity (Wildman–Crippen MR) is 89.4 cm³/mol. The second-order valence-corrected chi connectivity index (χ2v) is 7.19. The first-order chi connectivity index (χ1) is 10.7. The van der Waals surface area contributed by atoms with Crippen molar-refractivity contribution in [2.45, 2.75) is 45.4 Å². The molecule has 0 radical (unpaired) electrons. The zero-order valence-corrected chi connectivity index (χ0v) is 14.8. The molecule has 1 aliphatic heterocycles. The first-order valence-corrected chi connectivity index (χ1v) is 8.20. The number of rotatable bonds is 4. The van der Waals surface area contributed by atoms with E-state index in [1.165, 1.54) is 12.1 Å². The number of hydrogen-bond acceptors (Lipinski definition) is 3. The van der Waals surface area contributed by atoms with Crippen molar-refractivity contribution in [2.75, 3.05) is 19.6 Å². The van der Waals surface area contributed by atoms with Gasteiger partial charge >= 0.3 is 0 Å². The van der Waals surface area contributed by atoms with Crippen LogP contribution in [0.25, 0.3) is 0 Å². The molecule has 1 aromatic carbocycles. The van der Waals surface area contributed by atoms with Gasteiger partial charge < -0.3 is 10.1 Å². The fourth-order valence-electron chi connectivity index (χ4n) is 2.85. The van der Waals surface area contributed by atoms with Gasteiger partial charge in [-0.05, 0) is 45.9 Å². The molecule has 1 fully saturated rings. The van der Waals surface area contributed by atoms with Gasteiger partial charge in [0.05, 0.1) is 22.8 Å². The lowest BCUT2D eigenvalue weighted by molar-refractivity contribution is -0.0948. The molecule has 6 heteroatoms. The summed E-state index contributed by atoms with van der Waals surface area (Å²) in [6.45, 7) is 10.4. The van der Waals surface area contributed by atoms with E-state index >= 15 is 0 Å². The molecule has 0 saturated carbocycles. The minimum Gasteiger partial charge on any atom is -0.373 e. The summed E-state index contributed by atoms with van der Waals surface area (Å²) in [6.07, 6.45) is 0.334. The maximum atomic E-state index is 13.1. The highest BCUT2D eigenvalue weighted by Gasteiger charge is 2.33. The molecule has 1 saturated heterocycles. The van der Waals surface area contributed by atoms with Crippen LogP contribution >= 0.6 is 11.6 Å². The summed E-state index contributed by atoms with van der Waals surface area (Å²) in [4.78, 5) is 14.6. The van der Waals surface area contributed by atoms with E-state index < -0.39 is 5.82 Å². The maximum Gasteiger partial charge on any atom is 0.252 e. The number of nitrogens with one attached hydrogen (secondary N) is 1. The minimum atomic E-state index is -0.455. The van der Waals surface area contributed by atoms with Crippen LogP contribution in [0.15, 0.2) is 18.2 Å². The van der Waals surface area contributed by atoms with Crippen molar-refractivity contribution in [1.82, 2.24) is 10.2 Å². The zero-order valence-electron chi connectivity index (χ0n) is 14.0. The average molecular weight is 343 g/mol. The van der Waals surface area contributed by atoms with Crippen LogP contribution in [0.4, 0.5) is 4.39 Å². The Morgan fingerprint density at radius 3 is 2.57 bits per heavy atom. The Labute approximate surface area is 141 Å². The second kappa shape index (κ2) is 7.16. The molecule has 0 aliphatic carbocycles. The molecule has 0 aromatic heterocycles. The van der Waals surface area contributed by atoms with Crippen LogP contribution in [-0.4, -0.2) is 48.2 Å². The van der Waals surface area contributed by atoms with Gasteiger partial charge in [-0.25, -0.2) is 4.39 Å². The third-order valence-electron chi connectivity index (χ3n) is 4.13. The van der Waals surface area contributed by atoms with Crippen LogP contribution < -0.4 is 5.32 Å². The Balaban J connectivity index is 1.99. The van der Waals surface area contributed by atoms with E-state index in [4.69, 9.17) is 16.3 Å². The van der Waals surface area contributed by atoms with Gasteiger partial charge in [-0.1, -0.05) is 11.6 Å². The van der Waals surface area contributed by atoms with E-state index in [1.807, 2.05) is 0 Å². The molecule has 1 aromatic rings. The number of halogens is 2.